The number of esters is 1. The van der Waals surface area contributed by atoms with Gasteiger partial charge in [0.1, 0.15) is 0 Å². The van der Waals surface area contributed by atoms with Crippen molar-refractivity contribution in [1.82, 2.24) is 0 Å². The third kappa shape index (κ3) is 2.90. The van der Waals surface area contributed by atoms with E-state index in [0.29, 0.717) is 25.7 Å². The molecule has 0 spiro atoms. The maximum absolute atomic E-state index is 12.3. The van der Waals surface area contributed by atoms with E-state index < -0.39 is 0 Å². The Morgan fingerprint density at radius 2 is 2.14 bits per heavy atom. The van der Waals surface area contributed by atoms with Gasteiger partial charge in [-0.1, -0.05) is 30.7 Å². The van der Waals surface area contributed by atoms with Crippen molar-refractivity contribution in [2.45, 2.75) is 44.1 Å². The maximum atomic E-state index is 12.3. The number of ether oxygens (including phenoxy) is 2. The van der Waals surface area contributed by atoms with Gasteiger partial charge in [-0.15, -0.1) is 0 Å². The van der Waals surface area contributed by atoms with E-state index in [0.717, 1.165) is 30.4 Å². The van der Waals surface area contributed by atoms with Crippen molar-refractivity contribution >= 4 is 5.97 Å². The third-order valence-corrected chi connectivity index (χ3v) is 5.06. The molecule has 0 radical (unpaired) electrons. The summed E-state index contributed by atoms with van der Waals surface area (Å²) in [6.07, 6.45) is 4.28. The number of rotatable bonds is 5. The number of carbonyl (C=O) groups is 1. The fourth-order valence-corrected chi connectivity index (χ4v) is 3.44. The van der Waals surface area contributed by atoms with Gasteiger partial charge in [-0.3, -0.25) is 4.79 Å². The van der Waals surface area contributed by atoms with Gasteiger partial charge in [0.15, 0.2) is 0 Å². The zero-order chi connectivity index (χ0) is 15.6. The van der Waals surface area contributed by atoms with Gasteiger partial charge >= 0.3 is 5.97 Å². The minimum absolute atomic E-state index is 0.0911. The van der Waals surface area contributed by atoms with Gasteiger partial charge in [0.05, 0.1) is 24.7 Å². The first-order valence-electron chi connectivity index (χ1n) is 8.28. The van der Waals surface area contributed by atoms with Gasteiger partial charge in [0.2, 0.25) is 0 Å². The summed E-state index contributed by atoms with van der Waals surface area (Å²) in [5.74, 6) is 0.203. The molecule has 2 atom stereocenters. The minimum Gasteiger partial charge on any atom is -0.466 e. The summed E-state index contributed by atoms with van der Waals surface area (Å²) in [6.45, 7) is 3.57. The average molecular weight is 303 g/mol. The van der Waals surface area contributed by atoms with Crippen molar-refractivity contribution in [3.05, 3.63) is 35.4 Å². The van der Waals surface area contributed by atoms with Crippen LogP contribution in [0.1, 0.15) is 49.7 Å². The monoisotopic (exact) mass is 303 g/mol. The van der Waals surface area contributed by atoms with Crippen LogP contribution in [-0.2, 0) is 19.8 Å². The molecular formula is C18H25NO3. The van der Waals surface area contributed by atoms with E-state index in [1.807, 2.05) is 19.1 Å². The molecule has 4 nitrogen and oxygen atoms in total. The number of benzene rings is 1. The average Bonchev–Trinajstić information content (AvgIpc) is 2.91. The highest BCUT2D eigenvalue weighted by atomic mass is 16.5. The lowest BCUT2D eigenvalue weighted by atomic mass is 9.72. The molecule has 2 fully saturated rings. The van der Waals surface area contributed by atoms with Gasteiger partial charge in [-0.2, -0.15) is 0 Å². The van der Waals surface area contributed by atoms with E-state index in [-0.39, 0.29) is 17.4 Å². The van der Waals surface area contributed by atoms with Crippen molar-refractivity contribution in [3.8, 4) is 0 Å². The summed E-state index contributed by atoms with van der Waals surface area (Å²) in [5.41, 5.74) is 8.15. The Labute approximate surface area is 132 Å². The first-order valence-corrected chi connectivity index (χ1v) is 8.28. The Hall–Kier alpha value is -1.39. The van der Waals surface area contributed by atoms with Crippen LogP contribution in [0.25, 0.3) is 0 Å². The Morgan fingerprint density at radius 1 is 1.41 bits per heavy atom. The molecule has 3 rings (SSSR count). The quantitative estimate of drug-likeness (QED) is 0.850. The molecule has 2 N–H and O–H groups in total. The first kappa shape index (κ1) is 15.5. The Balaban J connectivity index is 1.81. The van der Waals surface area contributed by atoms with Gasteiger partial charge in [-0.05, 0) is 43.2 Å². The molecule has 1 saturated heterocycles. The van der Waals surface area contributed by atoms with Gasteiger partial charge < -0.3 is 15.2 Å². The highest BCUT2D eigenvalue weighted by Crippen LogP contribution is 2.40. The van der Waals surface area contributed by atoms with E-state index in [2.05, 4.69) is 12.1 Å². The molecule has 0 amide bonds. The second kappa shape index (κ2) is 6.39. The van der Waals surface area contributed by atoms with Crippen molar-refractivity contribution < 1.29 is 14.3 Å². The molecule has 1 aliphatic heterocycles. The molecule has 1 aromatic rings. The van der Waals surface area contributed by atoms with Crippen LogP contribution in [0.3, 0.4) is 0 Å². The standard InChI is InChI=1S/C18H25NO3/c1-2-22-17(20)16(13-4-3-5-13)14-6-8-15(9-7-14)18(19)10-11-21-12-18/h6-9,13,16H,2-5,10-12,19H2,1H3. The molecule has 22 heavy (non-hydrogen) atoms. The van der Waals surface area contributed by atoms with E-state index >= 15 is 0 Å². The predicted octanol–water partition coefficient (Wildman–Crippen LogP) is 2.71. The van der Waals surface area contributed by atoms with Crippen LogP contribution in [0.4, 0.5) is 0 Å². The van der Waals surface area contributed by atoms with Crippen LogP contribution >= 0.6 is 0 Å². The summed E-state index contributed by atoms with van der Waals surface area (Å²) < 4.78 is 10.7. The molecule has 1 heterocycles. The topological polar surface area (TPSA) is 61.5 Å². The summed E-state index contributed by atoms with van der Waals surface area (Å²) in [6, 6.07) is 8.19. The lowest BCUT2D eigenvalue weighted by Crippen LogP contribution is -2.37. The summed E-state index contributed by atoms with van der Waals surface area (Å²) in [7, 11) is 0. The van der Waals surface area contributed by atoms with Crippen LogP contribution < -0.4 is 5.73 Å². The zero-order valence-corrected chi connectivity index (χ0v) is 13.2. The molecule has 2 unspecified atom stereocenters. The molecule has 0 aromatic heterocycles. The van der Waals surface area contributed by atoms with Crippen molar-refractivity contribution in [2.75, 3.05) is 19.8 Å². The third-order valence-electron chi connectivity index (χ3n) is 5.06. The van der Waals surface area contributed by atoms with Crippen molar-refractivity contribution in [2.24, 2.45) is 11.7 Å². The normalized spacial score (nSPS) is 26.5. The number of hydrogen-bond acceptors (Lipinski definition) is 4. The van der Waals surface area contributed by atoms with E-state index in [9.17, 15) is 4.79 Å². The molecule has 1 aromatic carbocycles. The smallest absolute Gasteiger partial charge is 0.313 e. The molecule has 120 valence electrons. The predicted molar refractivity (Wildman–Crippen MR) is 84.5 cm³/mol. The number of nitrogens with two attached hydrogens (primary N) is 1. The van der Waals surface area contributed by atoms with Crippen LogP contribution in [0.2, 0.25) is 0 Å². The van der Waals surface area contributed by atoms with Gasteiger partial charge in [-0.25, -0.2) is 0 Å². The second-order valence-electron chi connectivity index (χ2n) is 6.50. The molecule has 2 aliphatic rings. The van der Waals surface area contributed by atoms with Crippen molar-refractivity contribution in [3.63, 3.8) is 0 Å². The highest BCUT2D eigenvalue weighted by molar-refractivity contribution is 5.78. The lowest BCUT2D eigenvalue weighted by molar-refractivity contribution is -0.147. The molecule has 4 heteroatoms. The summed E-state index contributed by atoms with van der Waals surface area (Å²) in [5, 5.41) is 0. The van der Waals surface area contributed by atoms with Crippen molar-refractivity contribution in [1.29, 1.82) is 0 Å². The Bertz CT molecular complexity index is 516. The lowest BCUT2D eigenvalue weighted by Gasteiger charge is -2.33. The summed E-state index contributed by atoms with van der Waals surface area (Å²) in [4.78, 5) is 12.3. The van der Waals surface area contributed by atoms with Gasteiger partial charge in [0.25, 0.3) is 0 Å². The molecule has 1 saturated carbocycles. The van der Waals surface area contributed by atoms with Crippen LogP contribution in [0, 0.1) is 5.92 Å². The number of carbonyl (C=O) groups excluding carboxylic acids is 1. The molecular weight excluding hydrogens is 278 g/mol. The highest BCUT2D eigenvalue weighted by Gasteiger charge is 2.36. The SMILES string of the molecule is CCOC(=O)C(c1ccc(C2(N)CCOC2)cc1)C1CCC1. The maximum Gasteiger partial charge on any atom is 0.313 e. The Morgan fingerprint density at radius 3 is 2.64 bits per heavy atom. The van der Waals surface area contributed by atoms with Crippen LogP contribution in [0.5, 0.6) is 0 Å². The van der Waals surface area contributed by atoms with Crippen LogP contribution in [0.15, 0.2) is 24.3 Å². The second-order valence-corrected chi connectivity index (χ2v) is 6.50. The fraction of sp³-hybridized carbons (Fsp3) is 0.611. The molecule has 0 bridgehead atoms. The minimum atomic E-state index is -0.381. The van der Waals surface area contributed by atoms with E-state index in [1.54, 1.807) is 0 Å². The number of hydrogen-bond donors (Lipinski definition) is 1. The first-order chi connectivity index (χ1) is 10.6. The zero-order valence-electron chi connectivity index (χ0n) is 13.2. The largest absolute Gasteiger partial charge is 0.466 e. The van der Waals surface area contributed by atoms with Crippen LogP contribution in [-0.4, -0.2) is 25.8 Å². The van der Waals surface area contributed by atoms with Gasteiger partial charge in [0, 0.05) is 6.61 Å². The van der Waals surface area contributed by atoms with E-state index in [4.69, 9.17) is 15.2 Å². The fourth-order valence-electron chi connectivity index (χ4n) is 3.44. The summed E-state index contributed by atoms with van der Waals surface area (Å²) >= 11 is 0. The molecule has 1 aliphatic carbocycles. The Kier molecular flexibility index (Phi) is 4.50. The van der Waals surface area contributed by atoms with E-state index in [1.165, 1.54) is 6.42 Å².